The number of esters is 1. The zero-order chi connectivity index (χ0) is 19.2. The molecule has 0 bridgehead atoms. The molecule has 0 amide bonds. The maximum Gasteiger partial charge on any atom is 0.363 e. The highest BCUT2D eigenvalue weighted by atomic mass is 35.5. The zero-order valence-corrected chi connectivity index (χ0v) is 15.8. The average Bonchev–Trinajstić information content (AvgIpc) is 3.02. The quantitative estimate of drug-likeness (QED) is 0.525. The third kappa shape index (κ3) is 4.65. The fourth-order valence-corrected chi connectivity index (χ4v) is 2.57. The summed E-state index contributed by atoms with van der Waals surface area (Å²) < 4.78 is 16.5. The molecule has 2 heterocycles. The third-order valence-corrected chi connectivity index (χ3v) is 3.83. The van der Waals surface area contributed by atoms with E-state index < -0.39 is 5.97 Å². The highest BCUT2D eigenvalue weighted by Gasteiger charge is 2.25. The fraction of sp³-hybridized carbons (Fsp3) is 0.250. The first-order valence-corrected chi connectivity index (χ1v) is 9.02. The van der Waals surface area contributed by atoms with Gasteiger partial charge in [0.25, 0.3) is 0 Å². The van der Waals surface area contributed by atoms with Gasteiger partial charge in [0.1, 0.15) is 5.69 Å². The van der Waals surface area contributed by atoms with Gasteiger partial charge in [0.05, 0.1) is 13.2 Å². The van der Waals surface area contributed by atoms with Gasteiger partial charge >= 0.3 is 5.97 Å². The monoisotopic (exact) mass is 386 g/mol. The number of benzene rings is 1. The second-order valence-corrected chi connectivity index (χ2v) is 6.12. The van der Waals surface area contributed by atoms with E-state index in [0.717, 1.165) is 12.0 Å². The Labute approximate surface area is 162 Å². The van der Waals surface area contributed by atoms with Gasteiger partial charge in [-0.25, -0.2) is 9.79 Å². The molecule has 0 aliphatic carbocycles. The summed E-state index contributed by atoms with van der Waals surface area (Å²) in [5.74, 6) is 0.868. The second-order valence-electron chi connectivity index (χ2n) is 5.68. The Morgan fingerprint density at radius 1 is 1.15 bits per heavy atom. The number of hydrogen-bond donors (Lipinski definition) is 0. The summed E-state index contributed by atoms with van der Waals surface area (Å²) >= 11 is 5.95. The Morgan fingerprint density at radius 3 is 2.74 bits per heavy atom. The highest BCUT2D eigenvalue weighted by molar-refractivity contribution is 6.31. The molecular formula is C20H19ClN2O4. The number of halogens is 1. The topological polar surface area (TPSA) is 70.0 Å². The SMILES string of the molecule is CCCOc1ccc(/C=C2\N=C(c3cc(Cl)ccn3)OC2=O)cc1OCC. The van der Waals surface area contributed by atoms with Crippen molar-refractivity contribution in [1.82, 2.24) is 4.98 Å². The lowest BCUT2D eigenvalue weighted by molar-refractivity contribution is -0.129. The Hall–Kier alpha value is -2.86. The summed E-state index contributed by atoms with van der Waals surface area (Å²) in [6.07, 6.45) is 4.06. The van der Waals surface area contributed by atoms with E-state index in [-0.39, 0.29) is 11.6 Å². The minimum absolute atomic E-state index is 0.127. The van der Waals surface area contributed by atoms with E-state index >= 15 is 0 Å². The van der Waals surface area contributed by atoms with E-state index in [2.05, 4.69) is 9.98 Å². The Bertz CT molecular complexity index is 909. The molecule has 7 heteroatoms. The fourth-order valence-electron chi connectivity index (χ4n) is 2.41. The van der Waals surface area contributed by atoms with Crippen molar-refractivity contribution in [3.8, 4) is 11.5 Å². The lowest BCUT2D eigenvalue weighted by atomic mass is 10.1. The van der Waals surface area contributed by atoms with Crippen LogP contribution >= 0.6 is 11.6 Å². The highest BCUT2D eigenvalue weighted by Crippen LogP contribution is 2.30. The first-order valence-electron chi connectivity index (χ1n) is 8.64. The number of cyclic esters (lactones) is 1. The molecule has 0 saturated heterocycles. The van der Waals surface area contributed by atoms with Crippen LogP contribution in [0.1, 0.15) is 31.5 Å². The minimum Gasteiger partial charge on any atom is -0.490 e. The smallest absolute Gasteiger partial charge is 0.363 e. The number of aliphatic imine (C=N–C) groups is 1. The molecule has 140 valence electrons. The largest absolute Gasteiger partial charge is 0.490 e. The molecule has 3 rings (SSSR count). The van der Waals surface area contributed by atoms with Crippen LogP contribution in [0.4, 0.5) is 0 Å². The molecule has 0 unspecified atom stereocenters. The number of ether oxygens (including phenoxy) is 3. The standard InChI is InChI=1S/C20H19ClN2O4/c1-3-9-26-17-6-5-13(11-18(17)25-4-2)10-16-20(24)27-19(23-16)15-12-14(21)7-8-22-15/h5-8,10-12H,3-4,9H2,1-2H3/b16-10-. The van der Waals surface area contributed by atoms with E-state index in [1.807, 2.05) is 26.0 Å². The normalized spacial score (nSPS) is 14.9. The van der Waals surface area contributed by atoms with Crippen molar-refractivity contribution in [2.75, 3.05) is 13.2 Å². The molecule has 1 aliphatic rings. The number of hydrogen-bond acceptors (Lipinski definition) is 6. The first kappa shape index (κ1) is 18.9. The lowest BCUT2D eigenvalue weighted by Crippen LogP contribution is -2.07. The molecule has 1 aliphatic heterocycles. The molecular weight excluding hydrogens is 368 g/mol. The van der Waals surface area contributed by atoms with Crippen molar-refractivity contribution in [2.24, 2.45) is 4.99 Å². The van der Waals surface area contributed by atoms with Crippen LogP contribution in [-0.2, 0) is 9.53 Å². The number of aromatic nitrogens is 1. The van der Waals surface area contributed by atoms with Gasteiger partial charge in [0.2, 0.25) is 5.90 Å². The molecule has 0 fully saturated rings. The predicted octanol–water partition coefficient (Wildman–Crippen LogP) is 4.27. The van der Waals surface area contributed by atoms with Crippen LogP contribution in [0.5, 0.6) is 11.5 Å². The van der Waals surface area contributed by atoms with E-state index in [1.54, 1.807) is 24.3 Å². The van der Waals surface area contributed by atoms with Crippen molar-refractivity contribution in [3.63, 3.8) is 0 Å². The number of rotatable bonds is 7. The van der Waals surface area contributed by atoms with Gasteiger partial charge in [-0.2, -0.15) is 0 Å². The number of nitrogens with zero attached hydrogens (tertiary/aromatic N) is 2. The van der Waals surface area contributed by atoms with Crippen LogP contribution in [0.3, 0.4) is 0 Å². The van der Waals surface area contributed by atoms with E-state index in [9.17, 15) is 4.79 Å². The van der Waals surface area contributed by atoms with Crippen LogP contribution in [0, 0.1) is 0 Å². The summed E-state index contributed by atoms with van der Waals surface area (Å²) in [4.78, 5) is 20.5. The zero-order valence-electron chi connectivity index (χ0n) is 15.1. The maximum absolute atomic E-state index is 12.1. The predicted molar refractivity (Wildman–Crippen MR) is 103 cm³/mol. The van der Waals surface area contributed by atoms with Crippen molar-refractivity contribution >= 4 is 29.5 Å². The minimum atomic E-state index is -0.545. The third-order valence-electron chi connectivity index (χ3n) is 3.59. The molecule has 1 aromatic carbocycles. The number of carbonyl (C=O) groups excluding carboxylic acids is 1. The van der Waals surface area contributed by atoms with Crippen molar-refractivity contribution < 1.29 is 19.0 Å². The van der Waals surface area contributed by atoms with Crippen LogP contribution in [0.25, 0.3) is 6.08 Å². The molecule has 6 nitrogen and oxygen atoms in total. The van der Waals surface area contributed by atoms with Gasteiger partial charge in [0, 0.05) is 11.2 Å². The van der Waals surface area contributed by atoms with Gasteiger partial charge in [-0.15, -0.1) is 0 Å². The average molecular weight is 387 g/mol. The van der Waals surface area contributed by atoms with Gasteiger partial charge < -0.3 is 14.2 Å². The van der Waals surface area contributed by atoms with E-state index in [1.165, 1.54) is 6.20 Å². The molecule has 0 atom stereocenters. The Balaban J connectivity index is 1.89. The molecule has 0 saturated carbocycles. The van der Waals surface area contributed by atoms with Crippen molar-refractivity contribution in [1.29, 1.82) is 0 Å². The summed E-state index contributed by atoms with van der Waals surface area (Å²) in [6.45, 7) is 5.05. The van der Waals surface area contributed by atoms with E-state index in [4.69, 9.17) is 25.8 Å². The van der Waals surface area contributed by atoms with Crippen LogP contribution in [0.15, 0.2) is 47.2 Å². The van der Waals surface area contributed by atoms with Gasteiger partial charge in [-0.3, -0.25) is 4.98 Å². The lowest BCUT2D eigenvalue weighted by Gasteiger charge is -2.12. The van der Waals surface area contributed by atoms with Gasteiger partial charge in [-0.05, 0) is 49.2 Å². The maximum atomic E-state index is 12.1. The van der Waals surface area contributed by atoms with Crippen LogP contribution < -0.4 is 9.47 Å². The Kier molecular flexibility index (Phi) is 6.08. The van der Waals surface area contributed by atoms with Gasteiger partial charge in [0.15, 0.2) is 17.2 Å². The summed E-state index contributed by atoms with van der Waals surface area (Å²) in [7, 11) is 0. The molecule has 27 heavy (non-hydrogen) atoms. The first-order chi connectivity index (χ1) is 13.1. The van der Waals surface area contributed by atoms with Gasteiger partial charge in [-0.1, -0.05) is 24.6 Å². The number of pyridine rings is 1. The molecule has 2 aromatic rings. The summed E-state index contributed by atoms with van der Waals surface area (Å²) in [5.41, 5.74) is 1.33. The number of carbonyl (C=O) groups is 1. The van der Waals surface area contributed by atoms with Crippen molar-refractivity contribution in [3.05, 3.63) is 58.5 Å². The van der Waals surface area contributed by atoms with E-state index in [0.29, 0.717) is 35.4 Å². The second kappa shape index (κ2) is 8.68. The van der Waals surface area contributed by atoms with Crippen LogP contribution in [-0.4, -0.2) is 30.1 Å². The molecule has 0 radical (unpaired) electrons. The van der Waals surface area contributed by atoms with Crippen LogP contribution in [0.2, 0.25) is 5.02 Å². The molecule has 0 N–H and O–H groups in total. The molecule has 0 spiro atoms. The van der Waals surface area contributed by atoms with Crippen molar-refractivity contribution in [2.45, 2.75) is 20.3 Å². The summed E-state index contributed by atoms with van der Waals surface area (Å²) in [5, 5.41) is 0.486. The molecule has 1 aromatic heterocycles. The summed E-state index contributed by atoms with van der Waals surface area (Å²) in [6, 6.07) is 8.68. The Morgan fingerprint density at radius 2 is 2.00 bits per heavy atom.